The summed E-state index contributed by atoms with van der Waals surface area (Å²) in [7, 11) is 0. The summed E-state index contributed by atoms with van der Waals surface area (Å²) in [6.45, 7) is 7.46. The van der Waals surface area contributed by atoms with Crippen molar-refractivity contribution >= 4 is 12.2 Å². The molecule has 0 saturated heterocycles. The maximum atomic E-state index is 5.38. The van der Waals surface area contributed by atoms with Crippen molar-refractivity contribution in [2.24, 2.45) is 0 Å². The molecule has 0 aliphatic rings. The molecule has 20 heavy (non-hydrogen) atoms. The monoisotopic (exact) mass is 288 g/mol. The van der Waals surface area contributed by atoms with Crippen LogP contribution < -0.4 is 0 Å². The lowest BCUT2D eigenvalue weighted by Gasteiger charge is -2.09. The van der Waals surface area contributed by atoms with Gasteiger partial charge in [0, 0.05) is 12.3 Å². The van der Waals surface area contributed by atoms with E-state index in [0.29, 0.717) is 23.8 Å². The first-order chi connectivity index (χ1) is 9.60. The number of aromatic nitrogens is 2. The molecule has 0 amide bonds. The molecule has 0 aliphatic heterocycles. The summed E-state index contributed by atoms with van der Waals surface area (Å²) in [5.74, 6) is 1.30. The molecule has 0 bridgehead atoms. The maximum absolute atomic E-state index is 5.38. The van der Waals surface area contributed by atoms with Crippen LogP contribution in [0.3, 0.4) is 0 Å². The molecule has 2 rings (SSSR count). The van der Waals surface area contributed by atoms with Gasteiger partial charge in [-0.1, -0.05) is 50.3 Å². The van der Waals surface area contributed by atoms with E-state index in [-0.39, 0.29) is 0 Å². The third-order valence-corrected chi connectivity index (χ3v) is 3.33. The Kier molecular flexibility index (Phi) is 5.04. The second-order valence-corrected chi connectivity index (χ2v) is 5.41. The largest absolute Gasteiger partial charge is 0.374 e. The highest BCUT2D eigenvalue weighted by molar-refractivity contribution is 7.71. The van der Waals surface area contributed by atoms with E-state index in [0.717, 1.165) is 17.1 Å². The third kappa shape index (κ3) is 3.74. The van der Waals surface area contributed by atoms with E-state index in [2.05, 4.69) is 48.1 Å². The molecule has 106 valence electrons. The number of aromatic amines is 1. The van der Waals surface area contributed by atoms with Gasteiger partial charge in [0.2, 0.25) is 0 Å². The van der Waals surface area contributed by atoms with Crippen molar-refractivity contribution in [3.05, 3.63) is 46.4 Å². The summed E-state index contributed by atoms with van der Waals surface area (Å²) in [4.78, 5) is 7.56. The lowest BCUT2D eigenvalue weighted by Crippen LogP contribution is -2.00. The molecule has 0 unspecified atom stereocenters. The first-order valence-corrected chi connectivity index (χ1v) is 7.29. The quantitative estimate of drug-likeness (QED) is 0.825. The van der Waals surface area contributed by atoms with E-state index in [4.69, 9.17) is 17.0 Å². The Labute approximate surface area is 125 Å². The zero-order valence-corrected chi connectivity index (χ0v) is 13.0. The molecule has 0 fully saturated rings. The Morgan fingerprint density at radius 3 is 2.55 bits per heavy atom. The summed E-state index contributed by atoms with van der Waals surface area (Å²) in [6.07, 6.45) is 0. The lowest BCUT2D eigenvalue weighted by molar-refractivity contribution is 0.128. The van der Waals surface area contributed by atoms with Gasteiger partial charge in [0.15, 0.2) is 0 Å². The number of hydrogen-bond acceptors (Lipinski definition) is 3. The van der Waals surface area contributed by atoms with E-state index >= 15 is 0 Å². The van der Waals surface area contributed by atoms with Crippen molar-refractivity contribution in [3.63, 3.8) is 0 Å². The molecule has 1 heterocycles. The van der Waals surface area contributed by atoms with Crippen LogP contribution in [-0.2, 0) is 11.3 Å². The molecule has 0 atom stereocenters. The molecule has 0 aliphatic carbocycles. The number of nitrogens with one attached hydrogen (secondary N) is 1. The average molecular weight is 288 g/mol. The molecule has 0 saturated carbocycles. The van der Waals surface area contributed by atoms with Crippen LogP contribution in [0.5, 0.6) is 0 Å². The highest BCUT2D eigenvalue weighted by atomic mass is 32.1. The standard InChI is InChI=1S/C16H20N2OS/c1-4-19-10-15-17-14(9-16(20)18-15)13-7-5-12(6-8-13)11(2)3/h5-9,11H,4,10H2,1-3H3,(H,17,18,20). The van der Waals surface area contributed by atoms with Gasteiger partial charge in [0.1, 0.15) is 17.1 Å². The first-order valence-electron chi connectivity index (χ1n) is 6.88. The van der Waals surface area contributed by atoms with E-state index in [9.17, 15) is 0 Å². The fraction of sp³-hybridized carbons (Fsp3) is 0.375. The minimum absolute atomic E-state index is 0.456. The normalized spacial score (nSPS) is 11.0. The van der Waals surface area contributed by atoms with Gasteiger partial charge in [-0.05, 0) is 30.0 Å². The van der Waals surface area contributed by atoms with E-state index < -0.39 is 0 Å². The van der Waals surface area contributed by atoms with Crippen molar-refractivity contribution in [2.75, 3.05) is 6.61 Å². The van der Waals surface area contributed by atoms with Gasteiger partial charge >= 0.3 is 0 Å². The minimum atomic E-state index is 0.456. The van der Waals surface area contributed by atoms with Gasteiger partial charge in [-0.25, -0.2) is 4.98 Å². The molecular formula is C16H20N2OS. The van der Waals surface area contributed by atoms with Crippen LogP contribution in [0.25, 0.3) is 11.3 Å². The fourth-order valence-corrected chi connectivity index (χ4v) is 2.21. The molecule has 0 spiro atoms. The highest BCUT2D eigenvalue weighted by Gasteiger charge is 2.04. The van der Waals surface area contributed by atoms with Crippen molar-refractivity contribution < 1.29 is 4.74 Å². The van der Waals surface area contributed by atoms with Gasteiger partial charge in [-0.15, -0.1) is 0 Å². The van der Waals surface area contributed by atoms with Crippen LogP contribution in [0.1, 0.15) is 38.1 Å². The molecule has 3 nitrogen and oxygen atoms in total. The van der Waals surface area contributed by atoms with E-state index in [1.807, 2.05) is 13.0 Å². The Morgan fingerprint density at radius 2 is 1.95 bits per heavy atom. The number of nitrogens with zero attached hydrogens (tertiary/aromatic N) is 1. The zero-order chi connectivity index (χ0) is 14.5. The number of hydrogen-bond donors (Lipinski definition) is 1. The van der Waals surface area contributed by atoms with Gasteiger partial charge in [0.25, 0.3) is 0 Å². The Balaban J connectivity index is 2.31. The summed E-state index contributed by atoms with van der Waals surface area (Å²) in [5, 5.41) is 0. The van der Waals surface area contributed by atoms with Gasteiger partial charge in [0.05, 0.1) is 0 Å². The predicted octanol–water partition coefficient (Wildman–Crippen LogP) is 4.47. The second-order valence-electron chi connectivity index (χ2n) is 4.99. The van der Waals surface area contributed by atoms with Crippen LogP contribution in [0.4, 0.5) is 0 Å². The van der Waals surface area contributed by atoms with Crippen LogP contribution >= 0.6 is 12.2 Å². The predicted molar refractivity (Wildman–Crippen MR) is 84.3 cm³/mol. The maximum Gasteiger partial charge on any atom is 0.134 e. The first kappa shape index (κ1) is 14.9. The zero-order valence-electron chi connectivity index (χ0n) is 12.1. The number of rotatable bonds is 5. The smallest absolute Gasteiger partial charge is 0.134 e. The van der Waals surface area contributed by atoms with E-state index in [1.54, 1.807) is 0 Å². The average Bonchev–Trinajstić information content (AvgIpc) is 2.44. The molecule has 4 heteroatoms. The summed E-state index contributed by atoms with van der Waals surface area (Å²) >= 11 is 5.22. The van der Waals surface area contributed by atoms with Crippen LogP contribution in [0, 0.1) is 4.64 Å². The highest BCUT2D eigenvalue weighted by Crippen LogP contribution is 2.21. The van der Waals surface area contributed by atoms with Crippen molar-refractivity contribution in [3.8, 4) is 11.3 Å². The topological polar surface area (TPSA) is 37.9 Å². The third-order valence-electron chi connectivity index (χ3n) is 3.12. The van der Waals surface area contributed by atoms with Crippen LogP contribution in [0.2, 0.25) is 0 Å². The van der Waals surface area contributed by atoms with Crippen molar-refractivity contribution in [2.45, 2.75) is 33.3 Å². The summed E-state index contributed by atoms with van der Waals surface area (Å²) < 4.78 is 5.96. The Bertz CT molecular complexity index is 617. The van der Waals surface area contributed by atoms with Gasteiger partial charge < -0.3 is 9.72 Å². The molecule has 2 aromatic rings. The SMILES string of the molecule is CCOCc1nc(=S)cc(-c2ccc(C(C)C)cc2)[nH]1. The number of H-pyrrole nitrogens is 1. The molecule has 0 radical (unpaired) electrons. The number of benzene rings is 1. The van der Waals surface area contributed by atoms with Crippen LogP contribution in [-0.4, -0.2) is 16.6 Å². The lowest BCUT2D eigenvalue weighted by atomic mass is 10.0. The second kappa shape index (κ2) is 6.77. The van der Waals surface area contributed by atoms with Crippen LogP contribution in [0.15, 0.2) is 30.3 Å². The minimum Gasteiger partial charge on any atom is -0.374 e. The molecule has 1 aromatic heterocycles. The Hall–Kier alpha value is -1.52. The fourth-order valence-electron chi connectivity index (χ4n) is 1.98. The number of ether oxygens (including phenoxy) is 1. The Morgan fingerprint density at radius 1 is 1.25 bits per heavy atom. The summed E-state index contributed by atoms with van der Waals surface area (Å²) in [5.41, 5.74) is 3.42. The van der Waals surface area contributed by atoms with Gasteiger partial charge in [-0.2, -0.15) is 0 Å². The summed E-state index contributed by atoms with van der Waals surface area (Å²) in [6, 6.07) is 10.4. The molecule has 1 aromatic carbocycles. The van der Waals surface area contributed by atoms with E-state index in [1.165, 1.54) is 5.56 Å². The van der Waals surface area contributed by atoms with Crippen molar-refractivity contribution in [1.29, 1.82) is 0 Å². The van der Waals surface area contributed by atoms with Gasteiger partial charge in [-0.3, -0.25) is 0 Å². The van der Waals surface area contributed by atoms with Crippen molar-refractivity contribution in [1.82, 2.24) is 9.97 Å². The molecular weight excluding hydrogens is 268 g/mol. The molecule has 1 N–H and O–H groups in total.